The van der Waals surface area contributed by atoms with E-state index in [4.69, 9.17) is 4.74 Å². The Bertz CT molecular complexity index is 129. The molecule has 0 rings (SSSR count). The second-order valence-electron chi connectivity index (χ2n) is 5.71. The van der Waals surface area contributed by atoms with Gasteiger partial charge in [0.25, 0.3) is 0 Å². The minimum Gasteiger partial charge on any atom is -0.381 e. The molecule has 0 atom stereocenters. The first-order chi connectivity index (χ1) is 9.41. The second kappa shape index (κ2) is 18.0. The third-order valence-corrected chi connectivity index (χ3v) is 3.68. The average Bonchev–Trinajstić information content (AvgIpc) is 2.43. The molecule has 0 spiro atoms. The summed E-state index contributed by atoms with van der Waals surface area (Å²) in [5, 5.41) is 0. The van der Waals surface area contributed by atoms with Crippen molar-refractivity contribution in [3.8, 4) is 0 Å². The Kier molecular flexibility index (Phi) is 17.9. The molecule has 0 aromatic rings. The summed E-state index contributed by atoms with van der Waals surface area (Å²) in [5.41, 5.74) is 0. The molecule has 0 fully saturated rings. The molecule has 0 aliphatic heterocycles. The Morgan fingerprint density at radius 1 is 0.579 bits per heavy atom. The highest BCUT2D eigenvalue weighted by Gasteiger charge is 1.93. The zero-order valence-electron chi connectivity index (χ0n) is 13.4. The van der Waals surface area contributed by atoms with Crippen LogP contribution in [0.1, 0.15) is 96.8 Å². The van der Waals surface area contributed by atoms with Crippen LogP contribution >= 0.6 is 0 Å². The number of ether oxygens (including phenoxy) is 1. The first-order valence-electron chi connectivity index (χ1n) is 8.78. The monoisotopic (exact) mass is 269 g/mol. The van der Waals surface area contributed by atoms with Gasteiger partial charge >= 0.3 is 0 Å². The molecule has 0 amide bonds. The molecule has 0 N–H and O–H groups in total. The molecule has 1 nitrogen and oxygen atoms in total. The molecule has 0 aliphatic carbocycles. The van der Waals surface area contributed by atoms with Gasteiger partial charge in [-0.15, -0.1) is 0 Å². The van der Waals surface area contributed by atoms with E-state index in [2.05, 4.69) is 13.8 Å². The van der Waals surface area contributed by atoms with Crippen molar-refractivity contribution in [3.05, 3.63) is 6.92 Å². The molecule has 0 aliphatic rings. The molecule has 0 aromatic carbocycles. The third kappa shape index (κ3) is 18.0. The first-order valence-corrected chi connectivity index (χ1v) is 8.78. The third-order valence-electron chi connectivity index (χ3n) is 3.68. The van der Waals surface area contributed by atoms with Crippen LogP contribution in [0.2, 0.25) is 0 Å². The van der Waals surface area contributed by atoms with E-state index < -0.39 is 0 Å². The number of hydrogen-bond donors (Lipinski definition) is 0. The van der Waals surface area contributed by atoms with Crippen LogP contribution in [0.3, 0.4) is 0 Å². The van der Waals surface area contributed by atoms with E-state index in [1.165, 1.54) is 83.5 Å². The highest BCUT2D eigenvalue weighted by Crippen LogP contribution is 2.08. The van der Waals surface area contributed by atoms with Crippen LogP contribution in [0.4, 0.5) is 0 Å². The average molecular weight is 269 g/mol. The van der Waals surface area contributed by atoms with Crippen molar-refractivity contribution in [2.75, 3.05) is 13.2 Å². The molecular weight excluding hydrogens is 232 g/mol. The lowest BCUT2D eigenvalue weighted by molar-refractivity contribution is 0.125. The van der Waals surface area contributed by atoms with Gasteiger partial charge in [0, 0.05) is 13.2 Å². The van der Waals surface area contributed by atoms with Crippen molar-refractivity contribution in [2.45, 2.75) is 96.8 Å². The topological polar surface area (TPSA) is 9.23 Å². The van der Waals surface area contributed by atoms with Crippen molar-refractivity contribution < 1.29 is 4.74 Å². The minimum atomic E-state index is 0.977. The number of rotatable bonds is 16. The van der Waals surface area contributed by atoms with Crippen LogP contribution in [0, 0.1) is 6.92 Å². The fourth-order valence-corrected chi connectivity index (χ4v) is 2.35. The molecule has 0 unspecified atom stereocenters. The summed E-state index contributed by atoms with van der Waals surface area (Å²) in [6, 6.07) is 0. The zero-order valence-corrected chi connectivity index (χ0v) is 13.4. The molecule has 0 aromatic heterocycles. The SMILES string of the molecule is [CH2]CCCCCCCCOCCCCCCCCC. The fraction of sp³-hybridized carbons (Fsp3) is 0.944. The fourth-order valence-electron chi connectivity index (χ4n) is 2.35. The van der Waals surface area contributed by atoms with Gasteiger partial charge in [-0.2, -0.15) is 0 Å². The molecule has 0 heterocycles. The van der Waals surface area contributed by atoms with E-state index in [-0.39, 0.29) is 0 Å². The maximum Gasteiger partial charge on any atom is 0.0466 e. The summed E-state index contributed by atoms with van der Waals surface area (Å²) in [7, 11) is 0. The van der Waals surface area contributed by atoms with Crippen molar-refractivity contribution in [1.82, 2.24) is 0 Å². The largest absolute Gasteiger partial charge is 0.381 e. The van der Waals surface area contributed by atoms with Crippen molar-refractivity contribution in [3.63, 3.8) is 0 Å². The molecule has 19 heavy (non-hydrogen) atoms. The van der Waals surface area contributed by atoms with Crippen molar-refractivity contribution >= 4 is 0 Å². The molecule has 0 saturated carbocycles. The zero-order chi connectivity index (χ0) is 14.0. The molecular formula is C18H37O. The maximum absolute atomic E-state index is 5.68. The number of hydrogen-bond acceptors (Lipinski definition) is 1. The Morgan fingerprint density at radius 3 is 1.47 bits per heavy atom. The second-order valence-corrected chi connectivity index (χ2v) is 5.71. The summed E-state index contributed by atoms with van der Waals surface area (Å²) < 4.78 is 5.68. The van der Waals surface area contributed by atoms with Gasteiger partial charge in [-0.05, 0) is 12.8 Å². The number of unbranched alkanes of at least 4 members (excludes halogenated alkanes) is 12. The van der Waals surface area contributed by atoms with Gasteiger partial charge in [-0.3, -0.25) is 0 Å². The molecule has 1 radical (unpaired) electrons. The smallest absolute Gasteiger partial charge is 0.0466 e. The standard InChI is InChI=1S/C18H37O/c1-3-5-7-9-11-13-15-17-19-18-16-14-12-10-8-6-4-2/h1,3-18H2,2H3. The van der Waals surface area contributed by atoms with Crippen molar-refractivity contribution in [1.29, 1.82) is 0 Å². The summed E-state index contributed by atoms with van der Waals surface area (Å²) >= 11 is 0. The van der Waals surface area contributed by atoms with Gasteiger partial charge in [-0.1, -0.05) is 90.9 Å². The predicted octanol–water partition coefficient (Wildman–Crippen LogP) is 6.32. The maximum atomic E-state index is 5.68. The predicted molar refractivity (Wildman–Crippen MR) is 86.5 cm³/mol. The van der Waals surface area contributed by atoms with Gasteiger partial charge < -0.3 is 4.74 Å². The molecule has 0 saturated heterocycles. The van der Waals surface area contributed by atoms with Crippen LogP contribution in [0.5, 0.6) is 0 Å². The minimum absolute atomic E-state index is 0.977. The van der Waals surface area contributed by atoms with E-state index >= 15 is 0 Å². The van der Waals surface area contributed by atoms with Gasteiger partial charge in [0.05, 0.1) is 0 Å². The van der Waals surface area contributed by atoms with Gasteiger partial charge in [-0.25, -0.2) is 0 Å². The van der Waals surface area contributed by atoms with Crippen LogP contribution in [0.15, 0.2) is 0 Å². The highest BCUT2D eigenvalue weighted by molar-refractivity contribution is 4.47. The van der Waals surface area contributed by atoms with E-state index in [1.807, 2.05) is 0 Å². The van der Waals surface area contributed by atoms with Gasteiger partial charge in [0.2, 0.25) is 0 Å². The van der Waals surface area contributed by atoms with E-state index in [0.717, 1.165) is 19.6 Å². The van der Waals surface area contributed by atoms with Crippen LogP contribution in [-0.4, -0.2) is 13.2 Å². The lowest BCUT2D eigenvalue weighted by Gasteiger charge is -2.04. The summed E-state index contributed by atoms with van der Waals surface area (Å²) in [4.78, 5) is 0. The highest BCUT2D eigenvalue weighted by atomic mass is 16.5. The Morgan fingerprint density at radius 2 is 1.00 bits per heavy atom. The Hall–Kier alpha value is -0.0400. The lowest BCUT2D eigenvalue weighted by atomic mass is 10.1. The van der Waals surface area contributed by atoms with Gasteiger partial charge in [0.1, 0.15) is 0 Å². The Labute approximate surface area is 122 Å². The van der Waals surface area contributed by atoms with Crippen LogP contribution in [-0.2, 0) is 4.74 Å². The Balaban J connectivity index is 2.88. The van der Waals surface area contributed by atoms with E-state index in [0.29, 0.717) is 0 Å². The van der Waals surface area contributed by atoms with E-state index in [9.17, 15) is 0 Å². The molecule has 115 valence electrons. The first kappa shape index (κ1) is 19.0. The molecule has 1 heteroatoms. The van der Waals surface area contributed by atoms with Crippen molar-refractivity contribution in [2.24, 2.45) is 0 Å². The summed E-state index contributed by atoms with van der Waals surface area (Å²) in [5.74, 6) is 0. The normalized spacial score (nSPS) is 11.1. The van der Waals surface area contributed by atoms with Crippen LogP contribution in [0.25, 0.3) is 0 Å². The van der Waals surface area contributed by atoms with E-state index in [1.54, 1.807) is 0 Å². The van der Waals surface area contributed by atoms with Crippen LogP contribution < -0.4 is 0 Å². The summed E-state index contributed by atoms with van der Waals surface area (Å²) in [6.45, 7) is 8.10. The lowest BCUT2D eigenvalue weighted by Crippen LogP contribution is -1.97. The molecule has 0 bridgehead atoms. The quantitative estimate of drug-likeness (QED) is 0.298. The van der Waals surface area contributed by atoms with Gasteiger partial charge in [0.15, 0.2) is 0 Å². The summed E-state index contributed by atoms with van der Waals surface area (Å²) in [6.07, 6.45) is 18.7.